The summed E-state index contributed by atoms with van der Waals surface area (Å²) >= 11 is 0. The van der Waals surface area contributed by atoms with Gasteiger partial charge in [-0.2, -0.15) is 13.2 Å². The number of carboxylic acids is 1. The summed E-state index contributed by atoms with van der Waals surface area (Å²) in [5.74, 6) is -2.76. The van der Waals surface area contributed by atoms with E-state index in [0.717, 1.165) is 19.6 Å². The van der Waals surface area contributed by atoms with Gasteiger partial charge in [-0.1, -0.05) is 0 Å². The van der Waals surface area contributed by atoms with Crippen LogP contribution < -0.4 is 15.3 Å². The van der Waals surface area contributed by atoms with Gasteiger partial charge in [-0.3, -0.25) is 20.2 Å². The van der Waals surface area contributed by atoms with Crippen molar-refractivity contribution in [1.29, 1.82) is 0 Å². The number of carboxylic acid groups (broad SMARTS) is 1. The average molecular weight is 288 g/mol. The van der Waals surface area contributed by atoms with Crippen LogP contribution in [0.5, 0.6) is 0 Å². The second-order valence-corrected chi connectivity index (χ2v) is 5.32. The molecule has 18 heavy (non-hydrogen) atoms. The summed E-state index contributed by atoms with van der Waals surface area (Å²) in [5.41, 5.74) is 0. The summed E-state index contributed by atoms with van der Waals surface area (Å²) in [5, 5.41) is 17.5. The topological polar surface area (TPSA) is 76.6 Å². The molecule has 0 saturated carbocycles. The van der Waals surface area contributed by atoms with E-state index in [1.807, 2.05) is 0 Å². The number of rotatable bonds is 0. The van der Waals surface area contributed by atoms with Crippen molar-refractivity contribution in [2.45, 2.75) is 6.18 Å². The van der Waals surface area contributed by atoms with Gasteiger partial charge in [0.2, 0.25) is 0 Å². The summed E-state index contributed by atoms with van der Waals surface area (Å²) in [7, 11) is -0.254. The first-order valence-electron chi connectivity index (χ1n) is 5.42. The van der Waals surface area contributed by atoms with Crippen LogP contribution in [0.15, 0.2) is 0 Å². The lowest BCUT2D eigenvalue weighted by Crippen LogP contribution is -2.48. The monoisotopic (exact) mass is 288 g/mol. The smallest absolute Gasteiger partial charge is 0.475 e. The number of halogens is 3. The van der Waals surface area contributed by atoms with Crippen molar-refractivity contribution < 1.29 is 23.1 Å². The highest BCUT2D eigenvalue weighted by molar-refractivity contribution is 7.51. The van der Waals surface area contributed by atoms with Crippen molar-refractivity contribution in [1.82, 2.24) is 20.2 Å². The van der Waals surface area contributed by atoms with E-state index in [0.29, 0.717) is 0 Å². The van der Waals surface area contributed by atoms with Crippen LogP contribution in [-0.2, 0) is 4.79 Å². The minimum absolute atomic E-state index is 0.254. The molecule has 0 aromatic rings. The first-order chi connectivity index (χ1) is 8.39. The summed E-state index contributed by atoms with van der Waals surface area (Å²) in [4.78, 5) is 11.4. The maximum Gasteiger partial charge on any atom is 0.490 e. The number of nitrogens with zero attached hydrogens (tertiary/aromatic N) is 1. The Balaban J connectivity index is 0.000000203. The van der Waals surface area contributed by atoms with Gasteiger partial charge in [-0.05, 0) is 0 Å². The molecular weight excluding hydrogens is 272 g/mol. The lowest BCUT2D eigenvalue weighted by Gasteiger charge is -2.33. The Morgan fingerprint density at radius 1 is 1.06 bits per heavy atom. The molecule has 0 radical (unpaired) electrons. The molecule has 3 fully saturated rings. The summed E-state index contributed by atoms with van der Waals surface area (Å²) < 4.78 is 31.7. The molecule has 0 unspecified atom stereocenters. The van der Waals surface area contributed by atoms with Gasteiger partial charge in [0.1, 0.15) is 8.37 Å². The van der Waals surface area contributed by atoms with E-state index in [1.54, 1.807) is 0 Å². The molecule has 3 aliphatic rings. The van der Waals surface area contributed by atoms with E-state index in [1.165, 1.54) is 19.6 Å². The predicted molar refractivity (Wildman–Crippen MR) is 61.1 cm³/mol. The molecule has 3 aliphatic heterocycles. The van der Waals surface area contributed by atoms with E-state index >= 15 is 0 Å². The van der Waals surface area contributed by atoms with Crippen LogP contribution in [0, 0.1) is 0 Å². The molecule has 10 heteroatoms. The Labute approximate surface area is 104 Å². The number of fused-ring (bicyclic) bond motifs is 6. The second kappa shape index (κ2) is 7.20. The van der Waals surface area contributed by atoms with Crippen molar-refractivity contribution in [3.05, 3.63) is 0 Å². The standard InChI is InChI=1S/C6H15N4P.C2HF3O2/c1-4-10-5-2-8-11(7-1)9-3-6-10;3-2(4,5)1(6)7/h7-9H,1-6H2;(H,6,7). The zero-order chi connectivity index (χ0) is 13.6. The molecule has 0 atom stereocenters. The van der Waals surface area contributed by atoms with Gasteiger partial charge >= 0.3 is 12.1 Å². The third-order valence-electron chi connectivity index (χ3n) is 2.34. The largest absolute Gasteiger partial charge is 0.490 e. The maximum absolute atomic E-state index is 10.6. The van der Waals surface area contributed by atoms with Gasteiger partial charge in [0.15, 0.2) is 0 Å². The Bertz CT molecular complexity index is 244. The molecule has 0 aromatic carbocycles. The van der Waals surface area contributed by atoms with E-state index in [-0.39, 0.29) is 8.37 Å². The number of aliphatic carboxylic acids is 1. The van der Waals surface area contributed by atoms with Gasteiger partial charge in [0.05, 0.1) is 0 Å². The molecule has 0 spiro atoms. The molecular formula is C8H16F3N4O2P. The minimum Gasteiger partial charge on any atom is -0.475 e. The van der Waals surface area contributed by atoms with Crippen LogP contribution in [0.4, 0.5) is 13.2 Å². The quantitative estimate of drug-likeness (QED) is 0.468. The van der Waals surface area contributed by atoms with Crippen molar-refractivity contribution >= 4 is 14.3 Å². The SMILES string of the molecule is C1CN2CCNP(N1)NCC2.O=C(O)C(F)(F)F. The minimum atomic E-state index is -5.08. The number of hydrogen-bond donors (Lipinski definition) is 4. The van der Waals surface area contributed by atoms with Gasteiger partial charge in [0.25, 0.3) is 0 Å². The van der Waals surface area contributed by atoms with Crippen LogP contribution in [-0.4, -0.2) is 61.4 Å². The zero-order valence-corrected chi connectivity index (χ0v) is 10.5. The number of nitrogens with one attached hydrogen (secondary N) is 3. The van der Waals surface area contributed by atoms with Gasteiger partial charge in [-0.25, -0.2) is 4.79 Å². The summed E-state index contributed by atoms with van der Waals surface area (Å²) in [6.07, 6.45) is -5.08. The first-order valence-corrected chi connectivity index (χ1v) is 6.77. The second-order valence-electron chi connectivity index (χ2n) is 3.70. The van der Waals surface area contributed by atoms with Crippen LogP contribution in [0.2, 0.25) is 0 Å². The highest BCUT2D eigenvalue weighted by atomic mass is 31.1. The van der Waals surface area contributed by atoms with E-state index in [4.69, 9.17) is 9.90 Å². The Hall–Kier alpha value is -0.470. The Morgan fingerprint density at radius 2 is 1.39 bits per heavy atom. The lowest BCUT2D eigenvalue weighted by atomic mass is 10.4. The number of hydrogen-bond acceptors (Lipinski definition) is 5. The van der Waals surface area contributed by atoms with Crippen LogP contribution in [0.3, 0.4) is 0 Å². The first kappa shape index (κ1) is 15.6. The normalized spacial score (nSPS) is 28.4. The fourth-order valence-electron chi connectivity index (χ4n) is 1.46. The van der Waals surface area contributed by atoms with E-state index in [2.05, 4.69) is 20.2 Å². The Kier molecular flexibility index (Phi) is 6.24. The fraction of sp³-hybridized carbons (Fsp3) is 0.875. The molecule has 106 valence electrons. The van der Waals surface area contributed by atoms with Gasteiger partial charge < -0.3 is 5.11 Å². The number of alkyl halides is 3. The molecule has 6 nitrogen and oxygen atoms in total. The third kappa shape index (κ3) is 5.92. The van der Waals surface area contributed by atoms with Crippen LogP contribution in [0.1, 0.15) is 0 Å². The van der Waals surface area contributed by atoms with E-state index < -0.39 is 12.1 Å². The molecule has 0 aromatic heterocycles. The molecule has 2 bridgehead atoms. The van der Waals surface area contributed by atoms with Gasteiger partial charge in [-0.15, -0.1) is 0 Å². The fourth-order valence-corrected chi connectivity index (χ4v) is 2.77. The predicted octanol–water partition coefficient (Wildman–Crippen LogP) is -0.0554. The Morgan fingerprint density at radius 3 is 1.67 bits per heavy atom. The maximum atomic E-state index is 10.6. The van der Waals surface area contributed by atoms with Crippen molar-refractivity contribution in [3.63, 3.8) is 0 Å². The summed E-state index contributed by atoms with van der Waals surface area (Å²) in [6, 6.07) is 0. The molecule has 4 N–H and O–H groups in total. The lowest BCUT2D eigenvalue weighted by molar-refractivity contribution is -0.192. The van der Waals surface area contributed by atoms with Crippen molar-refractivity contribution in [2.24, 2.45) is 0 Å². The van der Waals surface area contributed by atoms with Crippen molar-refractivity contribution in [2.75, 3.05) is 39.3 Å². The zero-order valence-electron chi connectivity index (χ0n) is 9.63. The molecule has 3 saturated heterocycles. The van der Waals surface area contributed by atoms with E-state index in [9.17, 15) is 13.2 Å². The average Bonchev–Trinajstić information content (AvgIpc) is 2.12. The molecule has 3 rings (SSSR count). The molecule has 0 amide bonds. The highest BCUT2D eigenvalue weighted by Gasteiger charge is 2.38. The molecule has 0 aliphatic carbocycles. The molecule has 3 heterocycles. The number of carbonyl (C=O) groups is 1. The summed E-state index contributed by atoms with van der Waals surface area (Å²) in [6.45, 7) is 6.98. The van der Waals surface area contributed by atoms with Crippen LogP contribution >= 0.6 is 8.37 Å². The highest BCUT2D eigenvalue weighted by Crippen LogP contribution is 2.20. The van der Waals surface area contributed by atoms with Gasteiger partial charge in [0, 0.05) is 39.3 Å². The van der Waals surface area contributed by atoms with Crippen LogP contribution in [0.25, 0.3) is 0 Å². The third-order valence-corrected chi connectivity index (χ3v) is 3.96. The van der Waals surface area contributed by atoms with Crippen molar-refractivity contribution in [3.8, 4) is 0 Å².